The Morgan fingerprint density at radius 3 is 2.56 bits per heavy atom. The van der Waals surface area contributed by atoms with E-state index in [1.807, 2.05) is 43.6 Å². The molecule has 5 heterocycles. The molecule has 1 aromatic carbocycles. The van der Waals surface area contributed by atoms with Crippen LogP contribution in [0.3, 0.4) is 0 Å². The van der Waals surface area contributed by atoms with E-state index >= 15 is 0 Å². The van der Waals surface area contributed by atoms with Crippen LogP contribution in [0.4, 0.5) is 5.82 Å². The van der Waals surface area contributed by atoms with Gasteiger partial charge in [-0.2, -0.15) is 5.10 Å². The van der Waals surface area contributed by atoms with E-state index in [0.717, 1.165) is 60.5 Å². The van der Waals surface area contributed by atoms with Crippen LogP contribution in [0.1, 0.15) is 24.6 Å². The van der Waals surface area contributed by atoms with Crippen LogP contribution in [-0.2, 0) is 4.79 Å². The number of fused-ring (bicyclic) bond motifs is 1. The van der Waals surface area contributed by atoms with E-state index in [4.69, 9.17) is 38.7 Å². The van der Waals surface area contributed by atoms with Gasteiger partial charge in [-0.25, -0.2) is 4.98 Å². The maximum Gasteiger partial charge on any atom is 0.234 e. The van der Waals surface area contributed by atoms with Gasteiger partial charge < -0.3 is 15.0 Å². The maximum absolute atomic E-state index is 12.1. The van der Waals surface area contributed by atoms with E-state index in [2.05, 4.69) is 30.3 Å². The molecular weight excluding hydrogens is 539 g/mol. The lowest BCUT2D eigenvalue weighted by Crippen LogP contribution is -2.65. The SMILES string of the molecule is CN1CC(=O)NC2(CCN(c3ccc(-c4n[nH]c5ccc(O[C@H](N)c6c(Cl)cncc6Cl)cc45)cn3)CC2)C1. The van der Waals surface area contributed by atoms with Gasteiger partial charge in [0.1, 0.15) is 17.3 Å². The fourth-order valence-electron chi connectivity index (χ4n) is 5.54. The monoisotopic (exact) mass is 566 g/mol. The maximum atomic E-state index is 12.1. The number of piperazine rings is 1. The third-order valence-electron chi connectivity index (χ3n) is 7.43. The number of anilines is 1. The summed E-state index contributed by atoms with van der Waals surface area (Å²) in [5.74, 6) is 1.56. The number of hydrogen-bond donors (Lipinski definition) is 3. The van der Waals surface area contributed by atoms with Crippen molar-refractivity contribution in [2.45, 2.75) is 24.6 Å². The Bertz CT molecular complexity index is 1500. The Kier molecular flexibility index (Phi) is 6.80. The predicted octanol–water partition coefficient (Wildman–Crippen LogP) is 3.76. The standard InChI is InChI=1S/C27H28Cl2N8O2/c1-36-14-23(38)33-27(15-36)6-8-37(9-7-27)22-5-2-16(11-32-22)25-18-10-17(3-4-21(18)34-35-25)39-26(30)24-19(28)12-31-13-20(24)29/h2-5,10-13,26H,6-9,14-15,30H2,1H3,(H,33,38)(H,34,35)/t26-/m0/s1. The first-order valence-electron chi connectivity index (χ1n) is 12.7. The van der Waals surface area contributed by atoms with Gasteiger partial charge in [0.15, 0.2) is 6.23 Å². The molecule has 4 N–H and O–H groups in total. The number of piperidine rings is 1. The Morgan fingerprint density at radius 1 is 1.10 bits per heavy atom. The smallest absolute Gasteiger partial charge is 0.234 e. The Labute approximate surface area is 235 Å². The van der Waals surface area contributed by atoms with Crippen LogP contribution < -0.4 is 20.7 Å². The Balaban J connectivity index is 1.18. The molecule has 39 heavy (non-hydrogen) atoms. The highest BCUT2D eigenvalue weighted by atomic mass is 35.5. The molecule has 2 saturated heterocycles. The van der Waals surface area contributed by atoms with E-state index in [-0.39, 0.29) is 11.4 Å². The first kappa shape index (κ1) is 25.8. The van der Waals surface area contributed by atoms with Gasteiger partial charge in [0.05, 0.1) is 27.6 Å². The van der Waals surface area contributed by atoms with Gasteiger partial charge >= 0.3 is 0 Å². The molecule has 12 heteroatoms. The largest absolute Gasteiger partial charge is 0.471 e. The van der Waals surface area contributed by atoms with Crippen LogP contribution in [0.25, 0.3) is 22.2 Å². The summed E-state index contributed by atoms with van der Waals surface area (Å²) in [5, 5.41) is 12.4. The topological polar surface area (TPSA) is 125 Å². The molecule has 0 bridgehead atoms. The summed E-state index contributed by atoms with van der Waals surface area (Å²) in [5.41, 5.74) is 9.08. The number of carbonyl (C=O) groups is 1. The van der Waals surface area contributed by atoms with Crippen molar-refractivity contribution >= 4 is 45.8 Å². The Hall–Kier alpha value is -3.44. The highest BCUT2D eigenvalue weighted by Gasteiger charge is 2.40. The number of nitrogens with two attached hydrogens (primary N) is 1. The normalized spacial score (nSPS) is 18.4. The predicted molar refractivity (Wildman–Crippen MR) is 151 cm³/mol. The van der Waals surface area contributed by atoms with E-state index in [1.54, 1.807) is 0 Å². The zero-order valence-electron chi connectivity index (χ0n) is 21.3. The number of rotatable bonds is 5. The first-order chi connectivity index (χ1) is 18.8. The van der Waals surface area contributed by atoms with Crippen LogP contribution in [0.5, 0.6) is 5.75 Å². The summed E-state index contributed by atoms with van der Waals surface area (Å²) in [6.07, 6.45) is 5.70. The quantitative estimate of drug-likeness (QED) is 0.312. The number of halogens is 2. The number of nitrogens with zero attached hydrogens (tertiary/aromatic N) is 5. The van der Waals surface area contributed by atoms with Crippen molar-refractivity contribution in [3.8, 4) is 17.0 Å². The number of pyridine rings is 2. The second-order valence-electron chi connectivity index (χ2n) is 10.2. The van der Waals surface area contributed by atoms with Crippen molar-refractivity contribution < 1.29 is 9.53 Å². The fraction of sp³-hybridized carbons (Fsp3) is 0.333. The number of aromatic amines is 1. The van der Waals surface area contributed by atoms with Crippen molar-refractivity contribution in [1.29, 1.82) is 0 Å². The van der Waals surface area contributed by atoms with Crippen molar-refractivity contribution in [1.82, 2.24) is 30.4 Å². The summed E-state index contributed by atoms with van der Waals surface area (Å²) in [7, 11) is 2.00. The number of nitrogens with one attached hydrogen (secondary N) is 2. The van der Waals surface area contributed by atoms with Crippen LogP contribution in [0.2, 0.25) is 10.0 Å². The second kappa shape index (κ2) is 10.3. The molecule has 2 aliphatic heterocycles. The third kappa shape index (κ3) is 5.12. The molecule has 0 unspecified atom stereocenters. The number of hydrogen-bond acceptors (Lipinski definition) is 8. The lowest BCUT2D eigenvalue weighted by Gasteiger charge is -2.47. The van der Waals surface area contributed by atoms with Gasteiger partial charge in [-0.1, -0.05) is 23.2 Å². The van der Waals surface area contributed by atoms with Crippen molar-refractivity contribution in [2.24, 2.45) is 5.73 Å². The zero-order chi connectivity index (χ0) is 27.1. The van der Waals surface area contributed by atoms with Gasteiger partial charge in [0.25, 0.3) is 0 Å². The van der Waals surface area contributed by atoms with Gasteiger partial charge in [-0.15, -0.1) is 0 Å². The molecule has 0 radical (unpaired) electrons. The molecule has 1 atom stereocenters. The van der Waals surface area contributed by atoms with E-state index < -0.39 is 6.23 Å². The fourth-order valence-corrected chi connectivity index (χ4v) is 6.12. The summed E-state index contributed by atoms with van der Waals surface area (Å²) in [6, 6.07) is 9.61. The van der Waals surface area contributed by atoms with Gasteiger partial charge in [-0.3, -0.25) is 25.5 Å². The molecule has 4 aromatic rings. The number of carbonyl (C=O) groups excluding carboxylic acids is 1. The van der Waals surface area contributed by atoms with Gasteiger partial charge in [-0.05, 0) is 50.2 Å². The molecular formula is C27H28Cl2N8O2. The van der Waals surface area contributed by atoms with Crippen molar-refractivity contribution in [2.75, 3.05) is 38.1 Å². The molecule has 2 aliphatic rings. The number of benzene rings is 1. The molecule has 0 aliphatic carbocycles. The third-order valence-corrected chi connectivity index (χ3v) is 8.03. The highest BCUT2D eigenvalue weighted by molar-refractivity contribution is 6.35. The van der Waals surface area contributed by atoms with Crippen LogP contribution in [0, 0.1) is 0 Å². The second-order valence-corrected chi connectivity index (χ2v) is 11.0. The Morgan fingerprint density at radius 2 is 1.87 bits per heavy atom. The molecule has 1 amide bonds. The first-order valence-corrected chi connectivity index (χ1v) is 13.5. The summed E-state index contributed by atoms with van der Waals surface area (Å²) in [4.78, 5) is 25.2. The van der Waals surface area contributed by atoms with Crippen molar-refractivity contribution in [3.05, 3.63) is 64.5 Å². The van der Waals surface area contributed by atoms with Crippen LogP contribution >= 0.6 is 23.2 Å². The number of H-pyrrole nitrogens is 1. The molecule has 0 saturated carbocycles. The van der Waals surface area contributed by atoms with Gasteiger partial charge in [0, 0.05) is 54.7 Å². The molecule has 202 valence electrons. The highest BCUT2D eigenvalue weighted by Crippen LogP contribution is 2.34. The van der Waals surface area contributed by atoms with Crippen LogP contribution in [0.15, 0.2) is 48.9 Å². The lowest BCUT2D eigenvalue weighted by molar-refractivity contribution is -0.127. The average Bonchev–Trinajstić information content (AvgIpc) is 3.32. The summed E-state index contributed by atoms with van der Waals surface area (Å²) >= 11 is 12.5. The number of amides is 1. The van der Waals surface area contributed by atoms with E-state index in [1.165, 1.54) is 12.4 Å². The number of aromatic nitrogens is 4. The molecule has 6 rings (SSSR count). The minimum absolute atomic E-state index is 0.103. The van der Waals surface area contributed by atoms with Crippen molar-refractivity contribution in [3.63, 3.8) is 0 Å². The minimum atomic E-state index is -0.868. The average molecular weight is 567 g/mol. The van der Waals surface area contributed by atoms with E-state index in [0.29, 0.717) is 27.9 Å². The number of ether oxygens (including phenoxy) is 1. The molecule has 3 aromatic heterocycles. The minimum Gasteiger partial charge on any atom is -0.471 e. The molecule has 2 fully saturated rings. The summed E-state index contributed by atoms with van der Waals surface area (Å²) in [6.45, 7) is 3.01. The van der Waals surface area contributed by atoms with Crippen LogP contribution in [-0.4, -0.2) is 69.7 Å². The zero-order valence-corrected chi connectivity index (χ0v) is 22.8. The number of likely N-dealkylation sites (N-methyl/N-ethyl adjacent to an activating group) is 1. The molecule has 10 nitrogen and oxygen atoms in total. The van der Waals surface area contributed by atoms with Gasteiger partial charge in [0.2, 0.25) is 5.91 Å². The van der Waals surface area contributed by atoms with E-state index in [9.17, 15) is 4.79 Å². The lowest BCUT2D eigenvalue weighted by atomic mass is 9.85. The molecule has 1 spiro atoms. The summed E-state index contributed by atoms with van der Waals surface area (Å²) < 4.78 is 5.98.